The van der Waals surface area contributed by atoms with Gasteiger partial charge < -0.3 is 15.2 Å². The van der Waals surface area contributed by atoms with Crippen LogP contribution < -0.4 is 15.2 Å². The lowest BCUT2D eigenvalue weighted by atomic mass is 9.95. The van der Waals surface area contributed by atoms with Crippen LogP contribution in [-0.4, -0.2) is 14.2 Å². The topological polar surface area (TPSA) is 44.5 Å². The number of methoxy groups -OCH3 is 2. The minimum atomic E-state index is 0. The molecular formula is C12H20ClNO2. The molecule has 0 aromatic heterocycles. The van der Waals surface area contributed by atoms with Gasteiger partial charge in [-0.2, -0.15) is 0 Å². The lowest BCUT2D eigenvalue weighted by Crippen LogP contribution is -2.06. The second kappa shape index (κ2) is 6.61. The largest absolute Gasteiger partial charge is 0.493 e. The van der Waals surface area contributed by atoms with Crippen LogP contribution in [-0.2, 0) is 6.54 Å². The van der Waals surface area contributed by atoms with Crippen molar-refractivity contribution in [3.63, 3.8) is 0 Å². The van der Waals surface area contributed by atoms with Gasteiger partial charge in [-0.15, -0.1) is 12.4 Å². The maximum atomic E-state index is 5.71. The smallest absolute Gasteiger partial charge is 0.164 e. The third-order valence-corrected chi connectivity index (χ3v) is 2.47. The Balaban J connectivity index is 0.00000225. The van der Waals surface area contributed by atoms with Crippen molar-refractivity contribution in [1.29, 1.82) is 0 Å². The first-order valence-corrected chi connectivity index (χ1v) is 5.09. The number of hydrogen-bond acceptors (Lipinski definition) is 3. The Kier molecular flexibility index (Phi) is 6.22. The lowest BCUT2D eigenvalue weighted by molar-refractivity contribution is 0.349. The molecule has 0 amide bonds. The average Bonchev–Trinajstić information content (AvgIpc) is 2.26. The van der Waals surface area contributed by atoms with E-state index in [1.54, 1.807) is 14.2 Å². The van der Waals surface area contributed by atoms with Crippen molar-refractivity contribution in [3.05, 3.63) is 23.3 Å². The number of hydrogen-bond donors (Lipinski definition) is 1. The second-order valence-electron chi connectivity index (χ2n) is 3.73. The Morgan fingerprint density at radius 2 is 1.81 bits per heavy atom. The van der Waals surface area contributed by atoms with E-state index in [2.05, 4.69) is 13.8 Å². The van der Waals surface area contributed by atoms with Gasteiger partial charge in [-0.05, 0) is 17.5 Å². The SMILES string of the molecule is COc1ccc(CN)c(C(C)C)c1OC.Cl. The summed E-state index contributed by atoms with van der Waals surface area (Å²) in [4.78, 5) is 0. The maximum absolute atomic E-state index is 5.71. The quantitative estimate of drug-likeness (QED) is 0.887. The van der Waals surface area contributed by atoms with Crippen LogP contribution >= 0.6 is 12.4 Å². The Bertz CT molecular complexity index is 340. The predicted molar refractivity (Wildman–Crippen MR) is 68.8 cm³/mol. The van der Waals surface area contributed by atoms with Crippen molar-refractivity contribution in [3.8, 4) is 11.5 Å². The number of ether oxygens (including phenoxy) is 2. The number of benzene rings is 1. The van der Waals surface area contributed by atoms with Crippen LogP contribution in [0.3, 0.4) is 0 Å². The maximum Gasteiger partial charge on any atom is 0.164 e. The molecule has 0 fully saturated rings. The molecule has 92 valence electrons. The van der Waals surface area contributed by atoms with Crippen molar-refractivity contribution >= 4 is 12.4 Å². The molecule has 1 aromatic rings. The molecule has 0 bridgehead atoms. The highest BCUT2D eigenvalue weighted by Gasteiger charge is 2.16. The van der Waals surface area contributed by atoms with E-state index in [1.165, 1.54) is 0 Å². The molecular weight excluding hydrogens is 226 g/mol. The molecule has 1 rings (SSSR count). The van der Waals surface area contributed by atoms with E-state index < -0.39 is 0 Å². The fraction of sp³-hybridized carbons (Fsp3) is 0.500. The first kappa shape index (κ1) is 15.1. The second-order valence-corrected chi connectivity index (χ2v) is 3.73. The summed E-state index contributed by atoms with van der Waals surface area (Å²) in [6, 6.07) is 3.89. The molecule has 4 heteroatoms. The van der Waals surface area contributed by atoms with E-state index in [9.17, 15) is 0 Å². The highest BCUT2D eigenvalue weighted by atomic mass is 35.5. The molecule has 0 atom stereocenters. The molecule has 16 heavy (non-hydrogen) atoms. The molecule has 0 saturated carbocycles. The summed E-state index contributed by atoms with van der Waals surface area (Å²) in [5.74, 6) is 1.93. The van der Waals surface area contributed by atoms with Crippen molar-refractivity contribution in [1.82, 2.24) is 0 Å². The zero-order valence-electron chi connectivity index (χ0n) is 10.2. The Hall–Kier alpha value is -0.930. The summed E-state index contributed by atoms with van der Waals surface area (Å²) in [5, 5.41) is 0. The van der Waals surface area contributed by atoms with Crippen molar-refractivity contribution in [2.75, 3.05) is 14.2 Å². The van der Waals surface area contributed by atoms with Crippen molar-refractivity contribution in [2.45, 2.75) is 26.3 Å². The van der Waals surface area contributed by atoms with Gasteiger partial charge in [0.25, 0.3) is 0 Å². The van der Waals surface area contributed by atoms with E-state index in [1.807, 2.05) is 12.1 Å². The first-order valence-electron chi connectivity index (χ1n) is 5.09. The molecule has 0 radical (unpaired) electrons. The predicted octanol–water partition coefficient (Wildman–Crippen LogP) is 2.71. The fourth-order valence-corrected chi connectivity index (χ4v) is 1.80. The minimum Gasteiger partial charge on any atom is -0.493 e. The monoisotopic (exact) mass is 245 g/mol. The van der Waals surface area contributed by atoms with Crippen LogP contribution in [0.5, 0.6) is 11.5 Å². The molecule has 3 nitrogen and oxygen atoms in total. The van der Waals surface area contributed by atoms with E-state index >= 15 is 0 Å². The van der Waals surface area contributed by atoms with E-state index in [-0.39, 0.29) is 12.4 Å². The Morgan fingerprint density at radius 3 is 2.19 bits per heavy atom. The molecule has 0 unspecified atom stereocenters. The van der Waals surface area contributed by atoms with Gasteiger partial charge in [0.15, 0.2) is 11.5 Å². The summed E-state index contributed by atoms with van der Waals surface area (Å²) < 4.78 is 10.7. The molecule has 0 aliphatic heterocycles. The average molecular weight is 246 g/mol. The summed E-state index contributed by atoms with van der Waals surface area (Å²) in [5.41, 5.74) is 7.96. The number of nitrogens with two attached hydrogens (primary N) is 1. The van der Waals surface area contributed by atoms with Gasteiger partial charge in [0.05, 0.1) is 14.2 Å². The van der Waals surface area contributed by atoms with E-state index in [4.69, 9.17) is 15.2 Å². The summed E-state index contributed by atoms with van der Waals surface area (Å²) in [6.07, 6.45) is 0. The third-order valence-electron chi connectivity index (χ3n) is 2.47. The minimum absolute atomic E-state index is 0. The summed E-state index contributed by atoms with van der Waals surface area (Å²) in [7, 11) is 3.30. The van der Waals surface area contributed by atoms with Crippen LogP contribution in [0.15, 0.2) is 12.1 Å². The standard InChI is InChI=1S/C12H19NO2.ClH/c1-8(2)11-9(7-13)5-6-10(14-3)12(11)15-4;/h5-6,8H,7,13H2,1-4H3;1H. The molecule has 1 aromatic carbocycles. The molecule has 0 aliphatic carbocycles. The lowest BCUT2D eigenvalue weighted by Gasteiger charge is -2.18. The summed E-state index contributed by atoms with van der Waals surface area (Å²) in [6.45, 7) is 4.76. The first-order chi connectivity index (χ1) is 7.15. The van der Waals surface area contributed by atoms with Gasteiger partial charge in [-0.3, -0.25) is 0 Å². The summed E-state index contributed by atoms with van der Waals surface area (Å²) >= 11 is 0. The van der Waals surface area contributed by atoms with Gasteiger partial charge >= 0.3 is 0 Å². The van der Waals surface area contributed by atoms with Gasteiger partial charge in [-0.25, -0.2) is 0 Å². The molecule has 0 heterocycles. The highest BCUT2D eigenvalue weighted by molar-refractivity contribution is 5.85. The zero-order chi connectivity index (χ0) is 11.4. The van der Waals surface area contributed by atoms with Gasteiger partial charge in [0.1, 0.15) is 0 Å². The normalized spacial score (nSPS) is 9.88. The van der Waals surface area contributed by atoms with Crippen LogP contribution in [0.25, 0.3) is 0 Å². The Labute approximate surface area is 103 Å². The van der Waals surface area contributed by atoms with Gasteiger partial charge in [0.2, 0.25) is 0 Å². The highest BCUT2D eigenvalue weighted by Crippen LogP contribution is 2.37. The van der Waals surface area contributed by atoms with E-state index in [0.717, 1.165) is 22.6 Å². The number of halogens is 1. The zero-order valence-corrected chi connectivity index (χ0v) is 11.1. The van der Waals surface area contributed by atoms with Crippen LogP contribution in [0.2, 0.25) is 0 Å². The van der Waals surface area contributed by atoms with Crippen LogP contribution in [0.1, 0.15) is 30.9 Å². The van der Waals surface area contributed by atoms with E-state index in [0.29, 0.717) is 12.5 Å². The van der Waals surface area contributed by atoms with Crippen LogP contribution in [0, 0.1) is 0 Å². The Morgan fingerprint density at radius 1 is 1.19 bits per heavy atom. The van der Waals surface area contributed by atoms with Gasteiger partial charge in [-0.1, -0.05) is 19.9 Å². The fourth-order valence-electron chi connectivity index (χ4n) is 1.80. The van der Waals surface area contributed by atoms with Gasteiger partial charge in [0, 0.05) is 12.1 Å². The van der Waals surface area contributed by atoms with Crippen LogP contribution in [0.4, 0.5) is 0 Å². The molecule has 0 spiro atoms. The molecule has 0 saturated heterocycles. The van der Waals surface area contributed by atoms with Crippen molar-refractivity contribution in [2.24, 2.45) is 5.73 Å². The molecule has 0 aliphatic rings. The molecule has 2 N–H and O–H groups in total. The number of rotatable bonds is 4. The third kappa shape index (κ3) is 2.80. The van der Waals surface area contributed by atoms with Crippen molar-refractivity contribution < 1.29 is 9.47 Å².